The highest BCUT2D eigenvalue weighted by Gasteiger charge is 2.25. The number of nitrogens with zero attached hydrogens (tertiary/aromatic N) is 2. The van der Waals surface area contributed by atoms with Gasteiger partial charge < -0.3 is 15.5 Å². The van der Waals surface area contributed by atoms with Crippen molar-refractivity contribution in [3.05, 3.63) is 34.8 Å². The number of benzene rings is 1. The van der Waals surface area contributed by atoms with E-state index in [1.54, 1.807) is 29.7 Å². The number of fused-ring (bicyclic) bond motifs is 1. The van der Waals surface area contributed by atoms with Crippen LogP contribution in [0.2, 0.25) is 0 Å². The van der Waals surface area contributed by atoms with Crippen LogP contribution in [0.15, 0.2) is 34.2 Å². The molecule has 3 N–H and O–H groups in total. The number of nitrogens with one attached hydrogen (secondary N) is 1. The summed E-state index contributed by atoms with van der Waals surface area (Å²) < 4.78 is 5.66. The van der Waals surface area contributed by atoms with Crippen LogP contribution in [0.4, 0.5) is 11.7 Å². The second-order valence-corrected chi connectivity index (χ2v) is 5.73. The Morgan fingerprint density at radius 3 is 2.95 bits per heavy atom. The molecule has 2 aromatic heterocycles. The summed E-state index contributed by atoms with van der Waals surface area (Å²) in [6.07, 6.45) is 1.79. The maximum atomic E-state index is 5.72. The molecule has 3 rings (SSSR count). The Bertz CT molecular complexity index is 703. The Morgan fingerprint density at radius 1 is 1.37 bits per heavy atom. The maximum absolute atomic E-state index is 5.72. The number of oxazole rings is 1. The van der Waals surface area contributed by atoms with Crippen molar-refractivity contribution in [1.82, 2.24) is 9.97 Å². The first-order chi connectivity index (χ1) is 9.04. The summed E-state index contributed by atoms with van der Waals surface area (Å²) in [5.41, 5.74) is 7.51. The summed E-state index contributed by atoms with van der Waals surface area (Å²) in [6, 6.07) is 5.89. The van der Waals surface area contributed by atoms with Gasteiger partial charge in [-0.1, -0.05) is 0 Å². The van der Waals surface area contributed by atoms with Crippen molar-refractivity contribution < 1.29 is 4.42 Å². The largest absolute Gasteiger partial charge is 0.423 e. The van der Waals surface area contributed by atoms with Gasteiger partial charge in [-0.15, -0.1) is 11.3 Å². The minimum Gasteiger partial charge on any atom is -0.423 e. The molecule has 0 spiro atoms. The molecule has 0 aliphatic rings. The fraction of sp³-hybridized carbons (Fsp3) is 0.231. The van der Waals surface area contributed by atoms with Gasteiger partial charge in [0.1, 0.15) is 10.5 Å². The van der Waals surface area contributed by atoms with Gasteiger partial charge in [-0.05, 0) is 26.0 Å². The zero-order valence-electron chi connectivity index (χ0n) is 10.7. The van der Waals surface area contributed by atoms with Gasteiger partial charge in [0.05, 0.1) is 5.54 Å². The number of hydrogen-bond acceptors (Lipinski definition) is 6. The average Bonchev–Trinajstić information content (AvgIpc) is 2.95. The van der Waals surface area contributed by atoms with E-state index in [0.29, 0.717) is 17.3 Å². The van der Waals surface area contributed by atoms with E-state index in [0.717, 1.165) is 10.5 Å². The first-order valence-corrected chi connectivity index (χ1v) is 6.77. The molecule has 1 aromatic carbocycles. The molecule has 5 nitrogen and oxygen atoms in total. The van der Waals surface area contributed by atoms with Gasteiger partial charge in [-0.2, -0.15) is 4.98 Å². The summed E-state index contributed by atoms with van der Waals surface area (Å²) in [7, 11) is 0. The number of nitrogen functional groups attached to an aromatic ring is 1. The number of hydrogen-bond donors (Lipinski definition) is 2. The number of nitrogens with two attached hydrogens (primary N) is 1. The first kappa shape index (κ1) is 12.0. The number of anilines is 2. The van der Waals surface area contributed by atoms with Crippen LogP contribution >= 0.6 is 11.3 Å². The molecule has 0 fully saturated rings. The molecule has 0 aliphatic carbocycles. The Kier molecular flexibility index (Phi) is 2.67. The third-order valence-corrected chi connectivity index (χ3v) is 3.90. The molecular weight excluding hydrogens is 260 g/mol. The smallest absolute Gasteiger partial charge is 0.296 e. The van der Waals surface area contributed by atoms with Gasteiger partial charge in [0.25, 0.3) is 6.01 Å². The van der Waals surface area contributed by atoms with Gasteiger partial charge in [0.2, 0.25) is 0 Å². The molecule has 0 atom stereocenters. The molecule has 0 radical (unpaired) electrons. The summed E-state index contributed by atoms with van der Waals surface area (Å²) >= 11 is 1.60. The van der Waals surface area contributed by atoms with Crippen molar-refractivity contribution in [3.63, 3.8) is 0 Å². The Balaban J connectivity index is 1.93. The topological polar surface area (TPSA) is 77.0 Å². The lowest BCUT2D eigenvalue weighted by atomic mass is 10.1. The Labute approximate surface area is 114 Å². The number of aromatic nitrogens is 2. The molecule has 0 amide bonds. The maximum Gasteiger partial charge on any atom is 0.296 e. The average molecular weight is 274 g/mol. The van der Waals surface area contributed by atoms with E-state index in [1.165, 1.54) is 0 Å². The molecular formula is C13H14N4OS. The van der Waals surface area contributed by atoms with E-state index < -0.39 is 0 Å². The molecule has 0 saturated heterocycles. The van der Waals surface area contributed by atoms with Crippen LogP contribution in [0.25, 0.3) is 11.1 Å². The quantitative estimate of drug-likeness (QED) is 0.717. The third kappa shape index (κ3) is 2.26. The van der Waals surface area contributed by atoms with Crippen molar-refractivity contribution in [3.8, 4) is 0 Å². The zero-order valence-corrected chi connectivity index (χ0v) is 11.5. The fourth-order valence-electron chi connectivity index (χ4n) is 1.85. The van der Waals surface area contributed by atoms with Crippen LogP contribution < -0.4 is 11.1 Å². The van der Waals surface area contributed by atoms with Crippen molar-refractivity contribution in [2.45, 2.75) is 19.4 Å². The van der Waals surface area contributed by atoms with Crippen LogP contribution in [0, 0.1) is 0 Å². The van der Waals surface area contributed by atoms with Crippen LogP contribution in [0.5, 0.6) is 0 Å². The predicted octanol–water partition coefficient (Wildman–Crippen LogP) is 3.21. The highest BCUT2D eigenvalue weighted by molar-refractivity contribution is 7.09. The fourth-order valence-corrected chi connectivity index (χ4v) is 2.57. The number of rotatable bonds is 3. The van der Waals surface area contributed by atoms with E-state index in [2.05, 4.69) is 15.3 Å². The lowest BCUT2D eigenvalue weighted by Crippen LogP contribution is -2.27. The summed E-state index contributed by atoms with van der Waals surface area (Å²) in [5.74, 6) is 0. The molecule has 0 bridgehead atoms. The van der Waals surface area contributed by atoms with Gasteiger partial charge >= 0.3 is 0 Å². The first-order valence-electron chi connectivity index (χ1n) is 5.89. The Morgan fingerprint density at radius 2 is 2.21 bits per heavy atom. The normalized spacial score (nSPS) is 11.9. The van der Waals surface area contributed by atoms with E-state index >= 15 is 0 Å². The second-order valence-electron chi connectivity index (χ2n) is 4.83. The van der Waals surface area contributed by atoms with Crippen LogP contribution in [0.1, 0.15) is 18.9 Å². The summed E-state index contributed by atoms with van der Waals surface area (Å²) in [4.78, 5) is 8.71. The molecule has 2 heterocycles. The highest BCUT2D eigenvalue weighted by Crippen LogP contribution is 2.29. The zero-order chi connectivity index (χ0) is 13.5. The second kappa shape index (κ2) is 4.24. The van der Waals surface area contributed by atoms with E-state index in [4.69, 9.17) is 10.2 Å². The van der Waals surface area contributed by atoms with Crippen LogP contribution in [-0.4, -0.2) is 9.97 Å². The highest BCUT2D eigenvalue weighted by atomic mass is 32.1. The van der Waals surface area contributed by atoms with Gasteiger partial charge in [0.15, 0.2) is 5.58 Å². The Hall–Kier alpha value is -2.08. The summed E-state index contributed by atoms with van der Waals surface area (Å²) in [5, 5.41) is 6.19. The predicted molar refractivity (Wildman–Crippen MR) is 77.2 cm³/mol. The molecule has 3 aromatic rings. The number of thiazole rings is 1. The van der Waals surface area contributed by atoms with Crippen molar-refractivity contribution in [2.24, 2.45) is 0 Å². The standard InChI is InChI=1S/C13H14N4OS/c1-13(2,11-15-5-6-19-11)17-12-16-9-4-3-8(14)7-10(9)18-12/h3-7H,14H2,1-2H3,(H,16,17). The van der Waals surface area contributed by atoms with Crippen molar-refractivity contribution >= 4 is 34.1 Å². The van der Waals surface area contributed by atoms with Crippen LogP contribution in [0.3, 0.4) is 0 Å². The van der Waals surface area contributed by atoms with E-state index in [1.807, 2.05) is 25.3 Å². The van der Waals surface area contributed by atoms with E-state index in [9.17, 15) is 0 Å². The molecule has 0 aliphatic heterocycles. The third-order valence-electron chi connectivity index (χ3n) is 2.80. The van der Waals surface area contributed by atoms with Crippen molar-refractivity contribution in [2.75, 3.05) is 11.1 Å². The van der Waals surface area contributed by atoms with Gasteiger partial charge in [0, 0.05) is 23.3 Å². The van der Waals surface area contributed by atoms with Crippen molar-refractivity contribution in [1.29, 1.82) is 0 Å². The molecule has 0 saturated carbocycles. The lowest BCUT2D eigenvalue weighted by Gasteiger charge is -2.22. The molecule has 98 valence electrons. The van der Waals surface area contributed by atoms with Gasteiger partial charge in [-0.3, -0.25) is 0 Å². The monoisotopic (exact) mass is 274 g/mol. The molecule has 0 unspecified atom stereocenters. The molecule has 19 heavy (non-hydrogen) atoms. The lowest BCUT2D eigenvalue weighted by molar-refractivity contribution is 0.539. The SMILES string of the molecule is CC(C)(Nc1nc2ccc(N)cc2o1)c1nccs1. The summed E-state index contributed by atoms with van der Waals surface area (Å²) in [6.45, 7) is 4.07. The minimum atomic E-state index is -0.333. The minimum absolute atomic E-state index is 0.333. The van der Waals surface area contributed by atoms with E-state index in [-0.39, 0.29) is 5.54 Å². The van der Waals surface area contributed by atoms with Crippen LogP contribution in [-0.2, 0) is 5.54 Å². The molecule has 6 heteroatoms. The van der Waals surface area contributed by atoms with Gasteiger partial charge in [-0.25, -0.2) is 4.98 Å².